The standard InChI is InChI=1S/C23H27N3O4/c1-15-8-10-26(17-6-7-19-20(11-17)30-14-29-19)23(28)21(15)22(27)24-12-18(13-24)25-9-4-3-5-16(25)2/h6-8,10-11,16,18H,3-5,9,12-14H2,1-2H3. The Labute approximate surface area is 175 Å². The second kappa shape index (κ2) is 7.47. The number of piperidine rings is 1. The third-order valence-electron chi connectivity index (χ3n) is 6.62. The zero-order chi connectivity index (χ0) is 20.8. The Kier molecular flexibility index (Phi) is 4.77. The molecule has 2 aromatic rings. The molecule has 0 aliphatic carbocycles. The summed E-state index contributed by atoms with van der Waals surface area (Å²) in [5.74, 6) is 1.09. The molecular formula is C23H27N3O4. The summed E-state index contributed by atoms with van der Waals surface area (Å²) in [4.78, 5) is 30.8. The molecule has 0 spiro atoms. The summed E-state index contributed by atoms with van der Waals surface area (Å²) in [7, 11) is 0. The minimum Gasteiger partial charge on any atom is -0.454 e. The third kappa shape index (κ3) is 3.17. The molecule has 5 rings (SSSR count). The van der Waals surface area contributed by atoms with E-state index in [9.17, 15) is 9.59 Å². The third-order valence-corrected chi connectivity index (χ3v) is 6.62. The van der Waals surface area contributed by atoms with Gasteiger partial charge in [-0.1, -0.05) is 6.42 Å². The first-order chi connectivity index (χ1) is 14.5. The predicted molar refractivity (Wildman–Crippen MR) is 113 cm³/mol. The molecule has 7 heteroatoms. The van der Waals surface area contributed by atoms with Crippen LogP contribution in [0, 0.1) is 6.92 Å². The Morgan fingerprint density at radius 1 is 1.10 bits per heavy atom. The maximum atomic E-state index is 13.2. The zero-order valence-corrected chi connectivity index (χ0v) is 17.5. The van der Waals surface area contributed by atoms with Crippen molar-refractivity contribution in [1.82, 2.24) is 14.4 Å². The van der Waals surface area contributed by atoms with Crippen LogP contribution in [-0.4, -0.2) is 58.8 Å². The van der Waals surface area contributed by atoms with Gasteiger partial charge in [-0.25, -0.2) is 0 Å². The summed E-state index contributed by atoms with van der Waals surface area (Å²) < 4.78 is 12.3. The van der Waals surface area contributed by atoms with Crippen LogP contribution in [-0.2, 0) is 0 Å². The van der Waals surface area contributed by atoms with E-state index in [1.807, 2.05) is 13.0 Å². The van der Waals surface area contributed by atoms with Crippen LogP contribution in [0.25, 0.3) is 5.69 Å². The highest BCUT2D eigenvalue weighted by Crippen LogP contribution is 2.33. The van der Waals surface area contributed by atoms with Crippen LogP contribution in [0.1, 0.15) is 42.1 Å². The molecule has 4 heterocycles. The van der Waals surface area contributed by atoms with Crippen LogP contribution >= 0.6 is 0 Å². The van der Waals surface area contributed by atoms with E-state index in [1.54, 1.807) is 29.3 Å². The van der Waals surface area contributed by atoms with Crippen molar-refractivity contribution < 1.29 is 14.3 Å². The van der Waals surface area contributed by atoms with Crippen molar-refractivity contribution in [3.05, 3.63) is 51.9 Å². The van der Waals surface area contributed by atoms with Crippen molar-refractivity contribution >= 4 is 5.91 Å². The number of fused-ring (bicyclic) bond motifs is 1. The van der Waals surface area contributed by atoms with Crippen LogP contribution in [0.3, 0.4) is 0 Å². The number of nitrogens with zero attached hydrogens (tertiary/aromatic N) is 3. The molecule has 3 aliphatic heterocycles. The fourth-order valence-corrected chi connectivity index (χ4v) is 4.78. The highest BCUT2D eigenvalue weighted by molar-refractivity contribution is 5.96. The van der Waals surface area contributed by atoms with Crippen LogP contribution in [0.5, 0.6) is 11.5 Å². The number of benzene rings is 1. The first kappa shape index (κ1) is 19.2. The topological polar surface area (TPSA) is 64.0 Å². The average Bonchev–Trinajstić information content (AvgIpc) is 3.16. The Morgan fingerprint density at radius 2 is 1.90 bits per heavy atom. The van der Waals surface area contributed by atoms with E-state index in [4.69, 9.17) is 9.47 Å². The number of hydrogen-bond donors (Lipinski definition) is 0. The Morgan fingerprint density at radius 3 is 2.70 bits per heavy atom. The van der Waals surface area contributed by atoms with Gasteiger partial charge in [0.2, 0.25) is 6.79 Å². The Balaban J connectivity index is 1.38. The lowest BCUT2D eigenvalue weighted by atomic mass is 9.96. The lowest BCUT2D eigenvalue weighted by Crippen LogP contribution is -2.64. The molecule has 2 saturated heterocycles. The van der Waals surface area contributed by atoms with E-state index in [2.05, 4.69) is 11.8 Å². The summed E-state index contributed by atoms with van der Waals surface area (Å²) in [6.45, 7) is 6.77. The minimum atomic E-state index is -0.298. The number of pyridine rings is 1. The van der Waals surface area contributed by atoms with E-state index in [0.29, 0.717) is 47.9 Å². The van der Waals surface area contributed by atoms with E-state index < -0.39 is 0 Å². The second-order valence-corrected chi connectivity index (χ2v) is 8.53. The van der Waals surface area contributed by atoms with Gasteiger partial charge in [-0.3, -0.25) is 19.1 Å². The summed E-state index contributed by atoms with van der Waals surface area (Å²) in [5, 5.41) is 0. The van der Waals surface area contributed by atoms with E-state index in [0.717, 1.165) is 6.54 Å². The number of aromatic nitrogens is 1. The van der Waals surface area contributed by atoms with Gasteiger partial charge in [-0.15, -0.1) is 0 Å². The normalized spacial score (nSPS) is 21.5. The maximum absolute atomic E-state index is 13.2. The molecule has 7 nitrogen and oxygen atoms in total. The van der Waals surface area contributed by atoms with Gasteiger partial charge in [0.05, 0.1) is 5.69 Å². The van der Waals surface area contributed by atoms with Crippen molar-refractivity contribution in [1.29, 1.82) is 0 Å². The molecule has 0 bridgehead atoms. The number of ether oxygens (including phenoxy) is 2. The van der Waals surface area contributed by atoms with E-state index in [1.165, 1.54) is 23.8 Å². The molecule has 1 aromatic heterocycles. The molecule has 1 atom stereocenters. The van der Waals surface area contributed by atoms with E-state index in [-0.39, 0.29) is 23.8 Å². The van der Waals surface area contributed by atoms with Crippen molar-refractivity contribution in [3.63, 3.8) is 0 Å². The van der Waals surface area contributed by atoms with Gasteiger partial charge in [0.25, 0.3) is 11.5 Å². The molecule has 3 aliphatic rings. The van der Waals surface area contributed by atoms with Gasteiger partial charge in [-0.2, -0.15) is 0 Å². The number of amides is 1. The number of aryl methyl sites for hydroxylation is 1. The molecule has 1 aromatic carbocycles. The van der Waals surface area contributed by atoms with Crippen LogP contribution in [0.2, 0.25) is 0 Å². The molecular weight excluding hydrogens is 382 g/mol. The molecule has 1 amide bonds. The van der Waals surface area contributed by atoms with Crippen LogP contribution in [0.15, 0.2) is 35.3 Å². The number of rotatable bonds is 3. The number of hydrogen-bond acceptors (Lipinski definition) is 5. The van der Waals surface area contributed by atoms with Crippen molar-refractivity contribution in [3.8, 4) is 17.2 Å². The molecule has 2 fully saturated rings. The molecule has 0 N–H and O–H groups in total. The van der Waals surface area contributed by atoms with Gasteiger partial charge in [0.15, 0.2) is 11.5 Å². The van der Waals surface area contributed by atoms with Gasteiger partial charge in [0, 0.05) is 37.4 Å². The fraction of sp³-hybridized carbons (Fsp3) is 0.478. The van der Waals surface area contributed by atoms with Crippen LogP contribution < -0.4 is 15.0 Å². The largest absolute Gasteiger partial charge is 0.454 e. The predicted octanol–water partition coefficient (Wildman–Crippen LogP) is 2.57. The summed E-state index contributed by atoms with van der Waals surface area (Å²) in [6.07, 6.45) is 5.45. The van der Waals surface area contributed by atoms with Crippen LogP contribution in [0.4, 0.5) is 0 Å². The highest BCUT2D eigenvalue weighted by Gasteiger charge is 2.38. The lowest BCUT2D eigenvalue weighted by Gasteiger charge is -2.49. The number of carbonyl (C=O) groups is 1. The summed E-state index contributed by atoms with van der Waals surface area (Å²) in [6, 6.07) is 8.15. The fourth-order valence-electron chi connectivity index (χ4n) is 4.78. The zero-order valence-electron chi connectivity index (χ0n) is 17.5. The first-order valence-corrected chi connectivity index (χ1v) is 10.7. The second-order valence-electron chi connectivity index (χ2n) is 8.53. The molecule has 30 heavy (non-hydrogen) atoms. The highest BCUT2D eigenvalue weighted by atomic mass is 16.7. The molecule has 158 valence electrons. The molecule has 1 unspecified atom stereocenters. The Bertz CT molecular complexity index is 1040. The van der Waals surface area contributed by atoms with Crippen molar-refractivity contribution in [2.75, 3.05) is 26.4 Å². The Hall–Kier alpha value is -2.80. The maximum Gasteiger partial charge on any atom is 0.268 e. The average molecular weight is 409 g/mol. The SMILES string of the molecule is Cc1ccn(-c2ccc3c(c2)OCO3)c(=O)c1C(=O)N1CC(N2CCCCC2C)C1. The molecule has 0 radical (unpaired) electrons. The smallest absolute Gasteiger partial charge is 0.268 e. The van der Waals surface area contributed by atoms with Gasteiger partial charge in [0.1, 0.15) is 5.56 Å². The minimum absolute atomic E-state index is 0.173. The summed E-state index contributed by atoms with van der Waals surface area (Å²) >= 11 is 0. The van der Waals surface area contributed by atoms with Gasteiger partial charge >= 0.3 is 0 Å². The number of likely N-dealkylation sites (tertiary alicyclic amines) is 2. The lowest BCUT2D eigenvalue weighted by molar-refractivity contribution is 0.00197. The molecule has 0 saturated carbocycles. The van der Waals surface area contributed by atoms with Gasteiger partial charge < -0.3 is 14.4 Å². The monoisotopic (exact) mass is 409 g/mol. The van der Waals surface area contributed by atoms with Gasteiger partial charge in [-0.05, 0) is 57.0 Å². The summed E-state index contributed by atoms with van der Waals surface area (Å²) in [5.41, 5.74) is 1.31. The van der Waals surface area contributed by atoms with Crippen molar-refractivity contribution in [2.45, 2.75) is 45.2 Å². The first-order valence-electron chi connectivity index (χ1n) is 10.7. The van der Waals surface area contributed by atoms with Crippen molar-refractivity contribution in [2.24, 2.45) is 0 Å². The van der Waals surface area contributed by atoms with E-state index >= 15 is 0 Å². The number of carbonyl (C=O) groups excluding carboxylic acids is 1. The quantitative estimate of drug-likeness (QED) is 0.780.